The Morgan fingerprint density at radius 3 is 1.76 bits per heavy atom. The van der Waals surface area contributed by atoms with E-state index < -0.39 is 0 Å². The highest BCUT2D eigenvalue weighted by atomic mass is 19.1. The summed E-state index contributed by atoms with van der Waals surface area (Å²) in [5.74, 6) is 2.09. The summed E-state index contributed by atoms with van der Waals surface area (Å²) in [4.78, 5) is 18.2. The molecule has 1 saturated heterocycles. The van der Waals surface area contributed by atoms with Crippen molar-refractivity contribution in [2.75, 3.05) is 26.2 Å². The van der Waals surface area contributed by atoms with Crippen LogP contribution < -0.4 is 5.32 Å². The maximum atomic E-state index is 13.7. The minimum Gasteiger partial charge on any atom is -0.349 e. The number of halogens is 2. The van der Waals surface area contributed by atoms with Crippen molar-refractivity contribution >= 4 is 5.91 Å². The van der Waals surface area contributed by atoms with Gasteiger partial charge in [0.05, 0.1) is 12.1 Å². The number of benzene rings is 2. The number of nitrogens with one attached hydrogen (secondary N) is 1. The number of carbonyl (C=O) groups is 1. The van der Waals surface area contributed by atoms with Crippen molar-refractivity contribution in [1.29, 1.82) is 0 Å². The fourth-order valence-corrected chi connectivity index (χ4v) is 8.30. The van der Waals surface area contributed by atoms with Gasteiger partial charge < -0.3 is 5.32 Å². The first kappa shape index (κ1) is 25.0. The first-order chi connectivity index (χ1) is 17.9. The second-order valence-electron chi connectivity index (χ2n) is 12.3. The summed E-state index contributed by atoms with van der Waals surface area (Å²) in [6.45, 7) is 5.36. The van der Waals surface area contributed by atoms with Crippen LogP contribution >= 0.6 is 0 Å². The first-order valence-corrected chi connectivity index (χ1v) is 14.2. The van der Waals surface area contributed by atoms with Crippen molar-refractivity contribution in [3.63, 3.8) is 0 Å². The van der Waals surface area contributed by atoms with Crippen LogP contribution in [0, 0.1) is 29.4 Å². The standard InChI is InChI=1S/C31H39F2N3O/c1-21(30(37)34-31-18-22-15-23(19-31)17-24(16-22)20-31)35-11-2-12-36(14-13-35)29(25-3-7-27(32)8-4-25)26-5-9-28(33)10-6-26/h3-10,21-24,29H,2,11-20H2,1H3,(H,34,37). The summed E-state index contributed by atoms with van der Waals surface area (Å²) < 4.78 is 27.4. The highest BCUT2D eigenvalue weighted by Gasteiger charge is 2.51. The van der Waals surface area contributed by atoms with Crippen molar-refractivity contribution in [2.45, 2.75) is 69.5 Å². The van der Waals surface area contributed by atoms with Gasteiger partial charge in [-0.3, -0.25) is 14.6 Å². The maximum Gasteiger partial charge on any atom is 0.237 e. The van der Waals surface area contributed by atoms with Gasteiger partial charge in [-0.2, -0.15) is 0 Å². The molecular weight excluding hydrogens is 468 g/mol. The molecule has 5 aliphatic rings. The van der Waals surface area contributed by atoms with Gasteiger partial charge in [0.1, 0.15) is 11.6 Å². The van der Waals surface area contributed by atoms with Crippen molar-refractivity contribution in [2.24, 2.45) is 17.8 Å². The van der Waals surface area contributed by atoms with Crippen molar-refractivity contribution in [1.82, 2.24) is 15.1 Å². The number of hydrogen-bond acceptors (Lipinski definition) is 3. The van der Waals surface area contributed by atoms with Gasteiger partial charge in [-0.25, -0.2) is 8.78 Å². The zero-order chi connectivity index (χ0) is 25.6. The van der Waals surface area contributed by atoms with Crippen LogP contribution in [0.4, 0.5) is 8.78 Å². The Balaban J connectivity index is 1.14. The highest BCUT2D eigenvalue weighted by Crippen LogP contribution is 2.55. The maximum absolute atomic E-state index is 13.7. The molecule has 1 heterocycles. The van der Waals surface area contributed by atoms with Crippen LogP contribution in [0.3, 0.4) is 0 Å². The zero-order valence-electron chi connectivity index (χ0n) is 21.8. The van der Waals surface area contributed by atoms with Crippen molar-refractivity contribution < 1.29 is 13.6 Å². The third kappa shape index (κ3) is 5.20. The van der Waals surface area contributed by atoms with E-state index in [2.05, 4.69) is 22.0 Å². The van der Waals surface area contributed by atoms with Crippen LogP contribution in [0.2, 0.25) is 0 Å². The van der Waals surface area contributed by atoms with Crippen LogP contribution in [0.25, 0.3) is 0 Å². The molecule has 0 radical (unpaired) electrons. The largest absolute Gasteiger partial charge is 0.349 e. The Morgan fingerprint density at radius 2 is 1.24 bits per heavy atom. The molecular formula is C31H39F2N3O. The van der Waals surface area contributed by atoms with Gasteiger partial charge in [0.25, 0.3) is 0 Å². The van der Waals surface area contributed by atoms with Crippen molar-refractivity contribution in [3.8, 4) is 0 Å². The van der Waals surface area contributed by atoms with Crippen LogP contribution in [0.5, 0.6) is 0 Å². The van der Waals surface area contributed by atoms with E-state index in [9.17, 15) is 13.6 Å². The molecule has 4 bridgehead atoms. The fourth-order valence-electron chi connectivity index (χ4n) is 8.30. The summed E-state index contributed by atoms with van der Waals surface area (Å²) >= 11 is 0. The third-order valence-corrected chi connectivity index (χ3v) is 9.66. The summed E-state index contributed by atoms with van der Waals surface area (Å²) in [5, 5.41) is 3.57. The van der Waals surface area contributed by atoms with Crippen LogP contribution in [0.15, 0.2) is 48.5 Å². The molecule has 37 heavy (non-hydrogen) atoms. The molecule has 1 atom stereocenters. The van der Waals surface area contributed by atoms with E-state index in [1.807, 2.05) is 24.3 Å². The molecule has 2 aromatic carbocycles. The van der Waals surface area contributed by atoms with E-state index in [4.69, 9.17) is 0 Å². The second-order valence-corrected chi connectivity index (χ2v) is 12.3. The quantitative estimate of drug-likeness (QED) is 0.558. The topological polar surface area (TPSA) is 35.6 Å². The van der Waals surface area contributed by atoms with E-state index in [1.165, 1.54) is 62.8 Å². The third-order valence-electron chi connectivity index (χ3n) is 9.66. The Kier molecular flexibility index (Phi) is 6.83. The normalized spacial score (nSPS) is 30.9. The predicted molar refractivity (Wildman–Crippen MR) is 141 cm³/mol. The second kappa shape index (κ2) is 10.1. The lowest BCUT2D eigenvalue weighted by Crippen LogP contribution is -2.62. The molecule has 4 saturated carbocycles. The van der Waals surface area contributed by atoms with E-state index >= 15 is 0 Å². The van der Waals surface area contributed by atoms with Crippen molar-refractivity contribution in [3.05, 3.63) is 71.3 Å². The summed E-state index contributed by atoms with van der Waals surface area (Å²) in [7, 11) is 0. The molecule has 0 aromatic heterocycles. The SMILES string of the molecule is CC(C(=O)NC12CC3CC(CC(C3)C1)C2)N1CCCN(C(c2ccc(F)cc2)c2ccc(F)cc2)CC1. The van der Waals surface area contributed by atoms with Crippen LogP contribution in [-0.2, 0) is 4.79 Å². The van der Waals surface area contributed by atoms with Gasteiger partial charge in [0.15, 0.2) is 0 Å². The van der Waals surface area contributed by atoms with E-state index in [0.29, 0.717) is 0 Å². The smallest absolute Gasteiger partial charge is 0.237 e. The Labute approximate surface area is 219 Å². The number of nitrogens with zero attached hydrogens (tertiary/aromatic N) is 2. The molecule has 1 amide bonds. The molecule has 6 heteroatoms. The number of hydrogen-bond donors (Lipinski definition) is 1. The Bertz CT molecular complexity index is 1020. The lowest BCUT2D eigenvalue weighted by molar-refractivity contribution is -0.131. The fraction of sp³-hybridized carbons (Fsp3) is 0.581. The molecule has 4 nitrogen and oxygen atoms in total. The van der Waals surface area contributed by atoms with E-state index in [0.717, 1.165) is 61.5 Å². The summed E-state index contributed by atoms with van der Waals surface area (Å²) in [6, 6.07) is 13.0. The summed E-state index contributed by atoms with van der Waals surface area (Å²) in [5.41, 5.74) is 2.02. The van der Waals surface area contributed by atoms with Gasteiger partial charge in [-0.15, -0.1) is 0 Å². The van der Waals surface area contributed by atoms with Crippen LogP contribution in [-0.4, -0.2) is 53.5 Å². The molecule has 4 aliphatic carbocycles. The molecule has 1 unspecified atom stereocenters. The lowest BCUT2D eigenvalue weighted by Gasteiger charge is -2.57. The summed E-state index contributed by atoms with van der Waals surface area (Å²) in [6.07, 6.45) is 8.56. The highest BCUT2D eigenvalue weighted by molar-refractivity contribution is 5.82. The minimum absolute atomic E-state index is 0.0360. The molecule has 0 spiro atoms. The molecule has 1 aliphatic heterocycles. The van der Waals surface area contributed by atoms with Gasteiger partial charge in [-0.1, -0.05) is 24.3 Å². The molecule has 7 rings (SSSR count). The molecule has 5 fully saturated rings. The molecule has 198 valence electrons. The lowest BCUT2D eigenvalue weighted by atomic mass is 9.53. The number of carbonyl (C=O) groups excluding carboxylic acids is 1. The number of rotatable bonds is 6. The van der Waals surface area contributed by atoms with Gasteiger partial charge in [-0.05, 0) is 105 Å². The van der Waals surface area contributed by atoms with E-state index in [1.54, 1.807) is 0 Å². The van der Waals surface area contributed by atoms with E-state index in [-0.39, 0.29) is 35.2 Å². The van der Waals surface area contributed by atoms with Crippen LogP contribution in [0.1, 0.15) is 69.0 Å². The molecule has 1 N–H and O–H groups in total. The predicted octanol–water partition coefficient (Wildman–Crippen LogP) is 5.54. The average Bonchev–Trinajstić information content (AvgIpc) is 3.11. The first-order valence-electron chi connectivity index (χ1n) is 14.2. The Morgan fingerprint density at radius 1 is 0.784 bits per heavy atom. The Hall–Kier alpha value is -2.31. The van der Waals surface area contributed by atoms with Gasteiger partial charge >= 0.3 is 0 Å². The molecule has 2 aromatic rings. The monoisotopic (exact) mass is 507 g/mol. The average molecular weight is 508 g/mol. The zero-order valence-corrected chi connectivity index (χ0v) is 21.8. The van der Waals surface area contributed by atoms with Gasteiger partial charge in [0, 0.05) is 31.7 Å². The minimum atomic E-state index is -0.262. The van der Waals surface area contributed by atoms with Gasteiger partial charge in [0.2, 0.25) is 5.91 Å². The number of amides is 1.